The van der Waals surface area contributed by atoms with Gasteiger partial charge in [0.2, 0.25) is 5.82 Å². The first kappa shape index (κ1) is 21.3. The van der Waals surface area contributed by atoms with Crippen LogP contribution in [0.4, 0.5) is 13.2 Å². The van der Waals surface area contributed by atoms with Gasteiger partial charge in [0.15, 0.2) is 15.6 Å². The van der Waals surface area contributed by atoms with Gasteiger partial charge in [-0.05, 0) is 18.2 Å². The van der Waals surface area contributed by atoms with Crippen LogP contribution in [0, 0.1) is 0 Å². The standard InChI is InChI=1S/C17H9Cl2F3N2O4S/c18-12-6-5-11(7-13(12)19)29(26,27)8-14(25)9-1-3-10(4-2-9)15-23-16(28-24-15)17(20,21)22/h1-7H,8H2. The Morgan fingerprint density at radius 1 is 1.03 bits per heavy atom. The maximum atomic E-state index is 12.5. The van der Waals surface area contributed by atoms with Gasteiger partial charge in [-0.25, -0.2) is 8.42 Å². The molecule has 152 valence electrons. The van der Waals surface area contributed by atoms with E-state index >= 15 is 0 Å². The Hall–Kier alpha value is -2.43. The number of rotatable bonds is 5. The Bertz CT molecular complexity index is 1180. The van der Waals surface area contributed by atoms with Crippen LogP contribution in [-0.2, 0) is 16.0 Å². The Morgan fingerprint density at radius 3 is 2.24 bits per heavy atom. The molecule has 0 amide bonds. The molecule has 1 heterocycles. The number of ketones is 1. The van der Waals surface area contributed by atoms with Crippen LogP contribution in [-0.4, -0.2) is 30.1 Å². The molecule has 0 bridgehead atoms. The number of Topliss-reactive ketones (excluding diaryl/α,β-unsaturated/α-hetero) is 1. The van der Waals surface area contributed by atoms with Crippen LogP contribution in [0.25, 0.3) is 11.4 Å². The van der Waals surface area contributed by atoms with E-state index in [2.05, 4.69) is 14.7 Å². The van der Waals surface area contributed by atoms with Crippen molar-refractivity contribution in [2.45, 2.75) is 11.1 Å². The Labute approximate surface area is 172 Å². The second-order valence-corrected chi connectivity index (χ2v) is 8.56. The number of carbonyl (C=O) groups excluding carboxylic acids is 1. The van der Waals surface area contributed by atoms with Crippen molar-refractivity contribution in [1.29, 1.82) is 0 Å². The van der Waals surface area contributed by atoms with Gasteiger partial charge in [0, 0.05) is 11.1 Å². The second kappa shape index (κ2) is 7.77. The Kier molecular flexibility index (Phi) is 5.70. The molecule has 0 atom stereocenters. The number of hydrogen-bond acceptors (Lipinski definition) is 6. The lowest BCUT2D eigenvalue weighted by Crippen LogP contribution is -2.16. The van der Waals surface area contributed by atoms with Crippen molar-refractivity contribution in [3.05, 3.63) is 64.0 Å². The number of hydrogen-bond donors (Lipinski definition) is 0. The molecule has 12 heteroatoms. The summed E-state index contributed by atoms with van der Waals surface area (Å²) >= 11 is 11.6. The van der Waals surface area contributed by atoms with Crippen molar-refractivity contribution in [2.24, 2.45) is 0 Å². The minimum Gasteiger partial charge on any atom is -0.329 e. The number of sulfone groups is 1. The summed E-state index contributed by atoms with van der Waals surface area (Å²) in [5.74, 6) is -3.36. The fourth-order valence-electron chi connectivity index (χ4n) is 2.27. The molecule has 0 fully saturated rings. The van der Waals surface area contributed by atoms with Crippen LogP contribution in [0.2, 0.25) is 10.0 Å². The zero-order valence-electron chi connectivity index (χ0n) is 14.1. The number of halogens is 5. The highest BCUT2D eigenvalue weighted by Crippen LogP contribution is 2.29. The number of nitrogens with zero attached hydrogens (tertiary/aromatic N) is 2. The highest BCUT2D eigenvalue weighted by atomic mass is 35.5. The highest BCUT2D eigenvalue weighted by Gasteiger charge is 2.38. The van der Waals surface area contributed by atoms with Gasteiger partial charge in [-0.2, -0.15) is 18.2 Å². The fraction of sp³-hybridized carbons (Fsp3) is 0.118. The summed E-state index contributed by atoms with van der Waals surface area (Å²) in [4.78, 5) is 15.4. The first-order valence-corrected chi connectivity index (χ1v) is 10.1. The molecule has 0 N–H and O–H groups in total. The van der Waals surface area contributed by atoms with Crippen molar-refractivity contribution in [3.63, 3.8) is 0 Å². The van der Waals surface area contributed by atoms with Crippen LogP contribution in [0.5, 0.6) is 0 Å². The molecule has 2 aromatic carbocycles. The molecular weight excluding hydrogens is 456 g/mol. The van der Waals surface area contributed by atoms with E-state index in [1.54, 1.807) is 0 Å². The molecule has 0 saturated carbocycles. The van der Waals surface area contributed by atoms with Crippen molar-refractivity contribution < 1.29 is 30.9 Å². The van der Waals surface area contributed by atoms with Gasteiger partial charge in [-0.3, -0.25) is 4.79 Å². The molecular formula is C17H9Cl2F3N2O4S. The lowest BCUT2D eigenvalue weighted by Gasteiger charge is -2.06. The van der Waals surface area contributed by atoms with Gasteiger partial charge in [0.05, 0.1) is 14.9 Å². The minimum absolute atomic E-state index is 0.0304. The fourth-order valence-corrected chi connectivity index (χ4v) is 3.88. The van der Waals surface area contributed by atoms with Crippen LogP contribution in [0.15, 0.2) is 51.9 Å². The lowest BCUT2D eigenvalue weighted by molar-refractivity contribution is -0.159. The predicted octanol–water partition coefficient (Wildman–Crippen LogP) is 4.72. The Morgan fingerprint density at radius 2 is 1.69 bits per heavy atom. The summed E-state index contributed by atoms with van der Waals surface area (Å²) < 4.78 is 66.5. The molecule has 0 unspecified atom stereocenters. The van der Waals surface area contributed by atoms with E-state index in [1.807, 2.05) is 0 Å². The number of alkyl halides is 3. The molecule has 0 aliphatic heterocycles. The molecule has 0 saturated heterocycles. The largest absolute Gasteiger partial charge is 0.471 e. The number of carbonyl (C=O) groups is 1. The smallest absolute Gasteiger partial charge is 0.329 e. The molecule has 0 aliphatic rings. The minimum atomic E-state index is -4.78. The topological polar surface area (TPSA) is 90.1 Å². The SMILES string of the molecule is O=C(CS(=O)(=O)c1ccc(Cl)c(Cl)c1)c1ccc(-c2noc(C(F)(F)F)n2)cc1. The molecule has 0 radical (unpaired) electrons. The summed E-state index contributed by atoms with van der Waals surface area (Å²) in [6, 6.07) is 8.75. The highest BCUT2D eigenvalue weighted by molar-refractivity contribution is 7.92. The van der Waals surface area contributed by atoms with Gasteiger partial charge in [-0.1, -0.05) is 52.6 Å². The first-order valence-electron chi connectivity index (χ1n) is 7.70. The van der Waals surface area contributed by atoms with E-state index in [0.717, 1.165) is 6.07 Å². The van der Waals surface area contributed by atoms with E-state index in [9.17, 15) is 26.4 Å². The van der Waals surface area contributed by atoms with Gasteiger partial charge in [0.25, 0.3) is 0 Å². The average Bonchev–Trinajstić information content (AvgIpc) is 3.14. The van der Waals surface area contributed by atoms with Crippen LogP contribution < -0.4 is 0 Å². The summed E-state index contributed by atoms with van der Waals surface area (Å²) in [5, 5.41) is 3.43. The van der Waals surface area contributed by atoms with E-state index in [1.165, 1.54) is 36.4 Å². The van der Waals surface area contributed by atoms with Gasteiger partial charge >= 0.3 is 12.1 Å². The number of benzene rings is 2. The van der Waals surface area contributed by atoms with E-state index < -0.39 is 33.4 Å². The quantitative estimate of drug-likeness (QED) is 0.507. The third-order valence-corrected chi connectivity index (χ3v) is 6.06. The molecule has 3 rings (SSSR count). The maximum absolute atomic E-state index is 12.5. The first-order chi connectivity index (χ1) is 13.5. The van der Waals surface area contributed by atoms with Crippen molar-refractivity contribution >= 4 is 38.8 Å². The second-order valence-electron chi connectivity index (χ2n) is 5.76. The normalized spacial score (nSPS) is 12.2. The van der Waals surface area contributed by atoms with E-state index in [4.69, 9.17) is 23.2 Å². The van der Waals surface area contributed by atoms with Gasteiger partial charge in [-0.15, -0.1) is 0 Å². The zero-order valence-corrected chi connectivity index (χ0v) is 16.4. The molecule has 29 heavy (non-hydrogen) atoms. The third-order valence-electron chi connectivity index (χ3n) is 3.70. The number of aromatic nitrogens is 2. The summed E-state index contributed by atoms with van der Waals surface area (Å²) in [7, 11) is -3.98. The van der Waals surface area contributed by atoms with Crippen LogP contribution in [0.1, 0.15) is 16.2 Å². The monoisotopic (exact) mass is 464 g/mol. The van der Waals surface area contributed by atoms with Crippen LogP contribution in [0.3, 0.4) is 0 Å². The van der Waals surface area contributed by atoms with Crippen LogP contribution >= 0.6 is 23.2 Å². The summed E-state index contributed by atoms with van der Waals surface area (Å²) in [6.07, 6.45) is -4.78. The predicted molar refractivity (Wildman–Crippen MR) is 97.6 cm³/mol. The van der Waals surface area contributed by atoms with Crippen molar-refractivity contribution in [3.8, 4) is 11.4 Å². The average molecular weight is 465 g/mol. The molecule has 6 nitrogen and oxygen atoms in total. The summed E-state index contributed by atoms with van der Waals surface area (Å²) in [5.41, 5.74) is 0.199. The van der Waals surface area contributed by atoms with Gasteiger partial charge in [0.1, 0.15) is 5.75 Å². The van der Waals surface area contributed by atoms with E-state index in [-0.39, 0.29) is 31.9 Å². The zero-order chi connectivity index (χ0) is 21.4. The van der Waals surface area contributed by atoms with E-state index in [0.29, 0.717) is 0 Å². The molecule has 0 aliphatic carbocycles. The molecule has 0 spiro atoms. The Balaban J connectivity index is 1.78. The van der Waals surface area contributed by atoms with Crippen molar-refractivity contribution in [1.82, 2.24) is 10.1 Å². The maximum Gasteiger partial charge on any atom is 0.471 e. The molecule has 1 aromatic heterocycles. The molecule has 3 aromatic rings. The van der Waals surface area contributed by atoms with Crippen molar-refractivity contribution in [2.75, 3.05) is 5.75 Å². The third kappa shape index (κ3) is 4.77. The summed E-state index contributed by atoms with van der Waals surface area (Å²) in [6.45, 7) is 0. The lowest BCUT2D eigenvalue weighted by atomic mass is 10.1. The van der Waals surface area contributed by atoms with Gasteiger partial charge < -0.3 is 4.52 Å².